The molecule has 1 aliphatic rings. The number of benzene rings is 2. The monoisotopic (exact) mass is 466 g/mol. The maximum Gasteiger partial charge on any atom is 0.297 e. The lowest BCUT2D eigenvalue weighted by Crippen LogP contribution is -2.47. The molecule has 4 atom stereocenters. The molecular weight excluding hydrogens is 436 g/mol. The maximum absolute atomic E-state index is 12.6. The standard InChI is InChI=1S/C23H30O8S/c1-16-9-11-18(12-10-16)32(26,27)29-15-20-22(31-23(2,3)30-20)21(19(25)13-24)28-14-17-7-5-4-6-8-17/h4-12,19-22,24-25H,13-15H2,1-3H3. The molecule has 0 aromatic heterocycles. The number of aliphatic hydroxyl groups is 2. The van der Waals surface area contributed by atoms with Crippen molar-refractivity contribution in [1.82, 2.24) is 0 Å². The zero-order chi connectivity index (χ0) is 23.4. The molecule has 2 aromatic carbocycles. The van der Waals surface area contributed by atoms with Crippen molar-refractivity contribution in [3.05, 3.63) is 65.7 Å². The molecule has 1 heterocycles. The molecule has 2 aromatic rings. The highest BCUT2D eigenvalue weighted by Crippen LogP contribution is 2.33. The molecule has 0 radical (unpaired) electrons. The summed E-state index contributed by atoms with van der Waals surface area (Å²) < 4.78 is 48.1. The Labute approximate surface area is 188 Å². The van der Waals surface area contributed by atoms with Gasteiger partial charge in [-0.1, -0.05) is 48.0 Å². The smallest absolute Gasteiger partial charge is 0.297 e. The third kappa shape index (κ3) is 6.35. The van der Waals surface area contributed by atoms with Crippen molar-refractivity contribution in [3.8, 4) is 0 Å². The van der Waals surface area contributed by atoms with Crippen molar-refractivity contribution < 1.29 is 37.0 Å². The summed E-state index contributed by atoms with van der Waals surface area (Å²) in [6.45, 7) is 4.47. The van der Waals surface area contributed by atoms with Gasteiger partial charge in [-0.2, -0.15) is 8.42 Å². The molecule has 1 saturated heterocycles. The first-order chi connectivity index (χ1) is 15.1. The molecule has 0 aliphatic carbocycles. The molecule has 9 heteroatoms. The Morgan fingerprint density at radius 2 is 1.72 bits per heavy atom. The topological polar surface area (TPSA) is 112 Å². The van der Waals surface area contributed by atoms with Gasteiger partial charge in [-0.15, -0.1) is 0 Å². The maximum atomic E-state index is 12.6. The first-order valence-corrected chi connectivity index (χ1v) is 11.8. The number of hydrogen-bond donors (Lipinski definition) is 2. The minimum atomic E-state index is -4.02. The van der Waals surface area contributed by atoms with Crippen LogP contribution < -0.4 is 0 Å². The minimum Gasteiger partial charge on any atom is -0.394 e. The van der Waals surface area contributed by atoms with Gasteiger partial charge in [-0.3, -0.25) is 4.18 Å². The lowest BCUT2D eigenvalue weighted by Gasteiger charge is -2.29. The molecule has 0 bridgehead atoms. The van der Waals surface area contributed by atoms with E-state index in [-0.39, 0.29) is 18.1 Å². The summed E-state index contributed by atoms with van der Waals surface area (Å²) in [5.41, 5.74) is 1.80. The minimum absolute atomic E-state index is 0.0325. The van der Waals surface area contributed by atoms with E-state index >= 15 is 0 Å². The summed E-state index contributed by atoms with van der Waals surface area (Å²) in [6.07, 6.45) is -3.97. The Balaban J connectivity index is 1.74. The Morgan fingerprint density at radius 3 is 2.34 bits per heavy atom. The molecule has 1 fully saturated rings. The molecule has 3 rings (SSSR count). The Morgan fingerprint density at radius 1 is 1.06 bits per heavy atom. The third-order valence-corrected chi connectivity index (χ3v) is 6.39. The Kier molecular flexibility index (Phi) is 8.05. The van der Waals surface area contributed by atoms with Crippen LogP contribution in [0.4, 0.5) is 0 Å². The highest BCUT2D eigenvalue weighted by atomic mass is 32.2. The second kappa shape index (κ2) is 10.4. The van der Waals surface area contributed by atoms with E-state index in [9.17, 15) is 18.6 Å². The number of aliphatic hydroxyl groups excluding tert-OH is 2. The fourth-order valence-electron chi connectivity index (χ4n) is 3.50. The van der Waals surface area contributed by atoms with Gasteiger partial charge in [0.05, 0.1) is 24.7 Å². The van der Waals surface area contributed by atoms with E-state index < -0.39 is 46.9 Å². The fraction of sp³-hybridized carbons (Fsp3) is 0.478. The van der Waals surface area contributed by atoms with Crippen LogP contribution in [0.25, 0.3) is 0 Å². The third-order valence-electron chi connectivity index (χ3n) is 5.09. The molecule has 0 amide bonds. The van der Waals surface area contributed by atoms with Gasteiger partial charge >= 0.3 is 0 Å². The van der Waals surface area contributed by atoms with Crippen molar-refractivity contribution in [3.63, 3.8) is 0 Å². The van der Waals surface area contributed by atoms with Crippen molar-refractivity contribution in [1.29, 1.82) is 0 Å². The second-order valence-electron chi connectivity index (χ2n) is 8.20. The van der Waals surface area contributed by atoms with Crippen LogP contribution in [0.15, 0.2) is 59.5 Å². The van der Waals surface area contributed by atoms with E-state index in [0.717, 1.165) is 11.1 Å². The zero-order valence-electron chi connectivity index (χ0n) is 18.4. The Hall–Kier alpha value is -1.85. The van der Waals surface area contributed by atoms with Crippen LogP contribution in [-0.2, 0) is 35.1 Å². The average molecular weight is 467 g/mol. The molecule has 176 valence electrons. The van der Waals surface area contributed by atoms with Crippen molar-refractivity contribution in [2.45, 2.75) is 62.5 Å². The highest BCUT2D eigenvalue weighted by Gasteiger charge is 2.48. The first kappa shape index (κ1) is 24.8. The number of ether oxygens (including phenoxy) is 3. The average Bonchev–Trinajstić information content (AvgIpc) is 3.07. The van der Waals surface area contributed by atoms with Gasteiger partial charge in [0, 0.05) is 0 Å². The molecule has 1 aliphatic heterocycles. The summed E-state index contributed by atoms with van der Waals surface area (Å²) in [7, 11) is -4.02. The number of hydrogen-bond acceptors (Lipinski definition) is 8. The van der Waals surface area contributed by atoms with Crippen LogP contribution in [0.3, 0.4) is 0 Å². The SMILES string of the molecule is Cc1ccc(S(=O)(=O)OCC2OC(C)(C)OC2C(OCc2ccccc2)C(O)CO)cc1. The van der Waals surface area contributed by atoms with E-state index in [0.29, 0.717) is 0 Å². The van der Waals surface area contributed by atoms with Crippen LogP contribution in [0.5, 0.6) is 0 Å². The van der Waals surface area contributed by atoms with Crippen molar-refractivity contribution in [2.24, 2.45) is 0 Å². The van der Waals surface area contributed by atoms with E-state index in [1.54, 1.807) is 26.0 Å². The van der Waals surface area contributed by atoms with Gasteiger partial charge in [0.2, 0.25) is 0 Å². The predicted molar refractivity (Wildman–Crippen MR) is 116 cm³/mol. The fourth-order valence-corrected chi connectivity index (χ4v) is 4.41. The number of rotatable bonds is 10. The number of aryl methyl sites for hydroxylation is 1. The molecule has 8 nitrogen and oxygen atoms in total. The molecule has 0 saturated carbocycles. The lowest BCUT2D eigenvalue weighted by molar-refractivity contribution is -0.175. The summed E-state index contributed by atoms with van der Waals surface area (Å²) in [5.74, 6) is -1.06. The van der Waals surface area contributed by atoms with Crippen LogP contribution in [-0.4, -0.2) is 62.0 Å². The normalized spacial score (nSPS) is 22.5. The molecular formula is C23H30O8S. The summed E-state index contributed by atoms with van der Waals surface area (Å²) in [6, 6.07) is 15.6. The molecule has 2 N–H and O–H groups in total. The van der Waals surface area contributed by atoms with E-state index in [4.69, 9.17) is 18.4 Å². The lowest BCUT2D eigenvalue weighted by atomic mass is 10.0. The molecule has 4 unspecified atom stereocenters. The zero-order valence-corrected chi connectivity index (χ0v) is 19.2. The van der Waals surface area contributed by atoms with Crippen LogP contribution in [0.2, 0.25) is 0 Å². The van der Waals surface area contributed by atoms with Gasteiger partial charge in [0.25, 0.3) is 10.1 Å². The highest BCUT2D eigenvalue weighted by molar-refractivity contribution is 7.86. The van der Waals surface area contributed by atoms with Crippen molar-refractivity contribution in [2.75, 3.05) is 13.2 Å². The summed E-state index contributed by atoms with van der Waals surface area (Å²) >= 11 is 0. The van der Waals surface area contributed by atoms with Crippen LogP contribution in [0.1, 0.15) is 25.0 Å². The summed E-state index contributed by atoms with van der Waals surface area (Å²) in [4.78, 5) is 0.0325. The second-order valence-corrected chi connectivity index (χ2v) is 9.82. The van der Waals surface area contributed by atoms with Gasteiger partial charge in [0.1, 0.15) is 24.4 Å². The van der Waals surface area contributed by atoms with Crippen molar-refractivity contribution >= 4 is 10.1 Å². The Bertz CT molecular complexity index is 959. The molecule has 0 spiro atoms. The first-order valence-electron chi connectivity index (χ1n) is 10.4. The van der Waals surface area contributed by atoms with Gasteiger partial charge in [-0.05, 0) is 38.5 Å². The van der Waals surface area contributed by atoms with E-state index in [2.05, 4.69) is 0 Å². The van der Waals surface area contributed by atoms with Gasteiger partial charge in [-0.25, -0.2) is 0 Å². The van der Waals surface area contributed by atoms with Crippen LogP contribution >= 0.6 is 0 Å². The van der Waals surface area contributed by atoms with Crippen LogP contribution in [0, 0.1) is 6.92 Å². The van der Waals surface area contributed by atoms with E-state index in [1.165, 1.54) is 12.1 Å². The van der Waals surface area contributed by atoms with E-state index in [1.807, 2.05) is 37.3 Å². The van der Waals surface area contributed by atoms with Gasteiger partial charge < -0.3 is 24.4 Å². The predicted octanol–water partition coefficient (Wildman–Crippen LogP) is 2.16. The quantitative estimate of drug-likeness (QED) is 0.513. The largest absolute Gasteiger partial charge is 0.394 e. The van der Waals surface area contributed by atoms with Gasteiger partial charge in [0.15, 0.2) is 5.79 Å². The summed E-state index contributed by atoms with van der Waals surface area (Å²) in [5, 5.41) is 20.0. The molecule has 32 heavy (non-hydrogen) atoms.